The number of nitrogens with one attached hydrogen (secondary N) is 1. The highest BCUT2D eigenvalue weighted by molar-refractivity contribution is 5.85. The van der Waals surface area contributed by atoms with Crippen molar-refractivity contribution in [1.29, 1.82) is 0 Å². The van der Waals surface area contributed by atoms with Crippen LogP contribution in [-0.4, -0.2) is 19.9 Å². The van der Waals surface area contributed by atoms with Crippen molar-refractivity contribution in [3.05, 3.63) is 162 Å². The van der Waals surface area contributed by atoms with E-state index < -0.39 is 0 Å². The maximum atomic E-state index is 4.65. The SMILES string of the molecule is CC(C)(C)c1ccc2ccccc2n1.CC(C)(C)c1cccc2[nH]ccc12.CC(C)(C)c1cccc2cccnc12.Cc1ccc2cccc(C(C)(C)C)c2n1. The van der Waals surface area contributed by atoms with Gasteiger partial charge in [0.2, 0.25) is 0 Å². The Balaban J connectivity index is 0.000000143. The summed E-state index contributed by atoms with van der Waals surface area (Å²) in [5, 5.41) is 5.00. The average Bonchev–Trinajstić information content (AvgIpc) is 3.63. The lowest BCUT2D eigenvalue weighted by molar-refractivity contribution is 0.571. The Bertz CT molecular complexity index is 2520. The van der Waals surface area contributed by atoms with Crippen molar-refractivity contribution in [3.63, 3.8) is 0 Å². The number of hydrogen-bond donors (Lipinski definition) is 1. The minimum atomic E-state index is 0.129. The van der Waals surface area contributed by atoms with Crippen LogP contribution in [0.25, 0.3) is 43.6 Å². The molecule has 0 bridgehead atoms. The van der Waals surface area contributed by atoms with Gasteiger partial charge in [-0.2, -0.15) is 0 Å². The molecule has 290 valence electrons. The lowest BCUT2D eigenvalue weighted by Gasteiger charge is -2.20. The normalized spacial score (nSPS) is 12.0. The molecule has 4 heterocycles. The van der Waals surface area contributed by atoms with Crippen molar-refractivity contribution in [1.82, 2.24) is 19.9 Å². The van der Waals surface area contributed by atoms with E-state index in [1.165, 1.54) is 43.8 Å². The number of nitrogens with zero attached hydrogens (tertiary/aromatic N) is 3. The first-order valence-corrected chi connectivity index (χ1v) is 19.9. The summed E-state index contributed by atoms with van der Waals surface area (Å²) in [6.07, 6.45) is 3.86. The van der Waals surface area contributed by atoms with Crippen molar-refractivity contribution in [2.75, 3.05) is 0 Å². The van der Waals surface area contributed by atoms with Crippen molar-refractivity contribution < 1.29 is 0 Å². The molecule has 0 saturated heterocycles. The lowest BCUT2D eigenvalue weighted by atomic mass is 9.85. The van der Waals surface area contributed by atoms with Gasteiger partial charge >= 0.3 is 0 Å². The van der Waals surface area contributed by atoms with Gasteiger partial charge < -0.3 is 4.98 Å². The molecule has 0 atom stereocenters. The Morgan fingerprint density at radius 3 is 1.61 bits per heavy atom. The molecule has 0 saturated carbocycles. The summed E-state index contributed by atoms with van der Waals surface area (Å²) in [6.45, 7) is 28.7. The molecule has 1 N–H and O–H groups in total. The maximum Gasteiger partial charge on any atom is 0.0742 e. The number of pyridine rings is 3. The van der Waals surface area contributed by atoms with E-state index >= 15 is 0 Å². The molecule has 4 aromatic carbocycles. The molecule has 4 nitrogen and oxygen atoms in total. The Kier molecular flexibility index (Phi) is 12.5. The number of fused-ring (bicyclic) bond motifs is 4. The number of rotatable bonds is 0. The van der Waals surface area contributed by atoms with Crippen LogP contribution >= 0.6 is 0 Å². The van der Waals surface area contributed by atoms with Gasteiger partial charge in [-0.15, -0.1) is 0 Å². The number of aromatic amines is 1. The largest absolute Gasteiger partial charge is 0.361 e. The molecule has 0 aliphatic rings. The summed E-state index contributed by atoms with van der Waals surface area (Å²) in [4.78, 5) is 17.0. The minimum absolute atomic E-state index is 0.129. The molecule has 4 heteroatoms. The summed E-state index contributed by atoms with van der Waals surface area (Å²) in [5.74, 6) is 0. The van der Waals surface area contributed by atoms with Crippen molar-refractivity contribution >= 4 is 43.6 Å². The summed E-state index contributed by atoms with van der Waals surface area (Å²) in [5.41, 5.74) is 11.5. The van der Waals surface area contributed by atoms with Gasteiger partial charge in [-0.1, -0.05) is 168 Å². The van der Waals surface area contributed by atoms with E-state index in [9.17, 15) is 0 Å². The number of hydrogen-bond acceptors (Lipinski definition) is 3. The Hall–Kier alpha value is -5.35. The zero-order valence-electron chi connectivity index (χ0n) is 36.0. The number of aromatic nitrogens is 4. The predicted octanol–water partition coefficient (Wildman–Crippen LogP) is 14.4. The van der Waals surface area contributed by atoms with E-state index in [1.54, 1.807) is 0 Å². The van der Waals surface area contributed by atoms with Crippen LogP contribution in [0.2, 0.25) is 0 Å². The summed E-state index contributed by atoms with van der Waals surface area (Å²) < 4.78 is 0. The molecule has 0 fully saturated rings. The second-order valence-electron chi connectivity index (χ2n) is 18.8. The monoisotopic (exact) mass is 742 g/mol. The molecule has 0 spiro atoms. The standard InChI is InChI=1S/C14H17N.2C13H15N.C12H15N/c1-10-8-9-11-6-5-7-12(13(11)15-10)14(2,3)4;1-13(2,3)11-8-4-6-10-7-5-9-14-12(10)11;1-13(2,3)12-9-8-10-6-4-5-7-11(10)14-12;1-12(2,3)10-5-4-6-11-9(10)7-8-13-11/h5-9H,1-4H3;2*4-9H,1-3H3;4-8,13H,1-3H3. The van der Waals surface area contributed by atoms with Crippen LogP contribution in [0.3, 0.4) is 0 Å². The summed E-state index contributed by atoms with van der Waals surface area (Å²) in [7, 11) is 0. The molecule has 56 heavy (non-hydrogen) atoms. The van der Waals surface area contributed by atoms with Crippen molar-refractivity contribution in [2.45, 2.75) is 112 Å². The second-order valence-corrected chi connectivity index (χ2v) is 18.8. The van der Waals surface area contributed by atoms with E-state index in [4.69, 9.17) is 0 Å². The first kappa shape index (κ1) is 41.8. The number of H-pyrrole nitrogens is 1. The van der Waals surface area contributed by atoms with Crippen molar-refractivity contribution in [2.24, 2.45) is 0 Å². The van der Waals surface area contributed by atoms with Crippen molar-refractivity contribution in [3.8, 4) is 0 Å². The Labute approximate surface area is 335 Å². The van der Waals surface area contributed by atoms with E-state index in [1.807, 2.05) is 37.5 Å². The highest BCUT2D eigenvalue weighted by Crippen LogP contribution is 2.31. The number of benzene rings is 4. The molecule has 4 aromatic heterocycles. The molecule has 0 radical (unpaired) electrons. The molecule has 0 aliphatic carbocycles. The zero-order valence-corrected chi connectivity index (χ0v) is 36.0. The van der Waals surface area contributed by atoms with Gasteiger partial charge in [-0.25, -0.2) is 0 Å². The highest BCUT2D eigenvalue weighted by Gasteiger charge is 2.19. The van der Waals surface area contributed by atoms with Crippen LogP contribution in [0.15, 0.2) is 134 Å². The first-order chi connectivity index (χ1) is 26.2. The third kappa shape index (κ3) is 10.5. The molecular weight excluding hydrogens is 681 g/mol. The molecule has 8 rings (SSSR count). The fourth-order valence-electron chi connectivity index (χ4n) is 6.78. The molecular formula is C52H62N4. The second kappa shape index (κ2) is 16.8. The molecule has 8 aromatic rings. The van der Waals surface area contributed by atoms with Gasteiger partial charge in [0.15, 0.2) is 0 Å². The fourth-order valence-corrected chi connectivity index (χ4v) is 6.78. The molecule has 0 aliphatic heterocycles. The van der Waals surface area contributed by atoms with E-state index in [0.29, 0.717) is 0 Å². The zero-order chi connectivity index (χ0) is 40.9. The van der Waals surface area contributed by atoms with Gasteiger partial charge in [0.05, 0.1) is 16.6 Å². The van der Waals surface area contributed by atoms with E-state index in [0.717, 1.165) is 27.9 Å². The van der Waals surface area contributed by atoms with Gasteiger partial charge in [0.1, 0.15) is 0 Å². The summed E-state index contributed by atoms with van der Waals surface area (Å²) >= 11 is 0. The van der Waals surface area contributed by atoms with Gasteiger partial charge in [-0.3, -0.25) is 15.0 Å². The summed E-state index contributed by atoms with van der Waals surface area (Å²) in [6, 6.07) is 42.1. The topological polar surface area (TPSA) is 54.5 Å². The van der Waals surface area contributed by atoms with Crippen LogP contribution in [0, 0.1) is 6.92 Å². The number of para-hydroxylation sites is 3. The average molecular weight is 743 g/mol. The van der Waals surface area contributed by atoms with Crippen LogP contribution in [0.5, 0.6) is 0 Å². The fraction of sp³-hybridized carbons (Fsp3) is 0.327. The third-order valence-corrected chi connectivity index (χ3v) is 9.88. The predicted molar refractivity (Wildman–Crippen MR) is 243 cm³/mol. The van der Waals surface area contributed by atoms with Crippen LogP contribution in [-0.2, 0) is 21.7 Å². The highest BCUT2D eigenvalue weighted by atomic mass is 14.7. The molecule has 0 amide bonds. The lowest BCUT2D eigenvalue weighted by Crippen LogP contribution is -2.13. The van der Waals surface area contributed by atoms with E-state index in [-0.39, 0.29) is 21.7 Å². The van der Waals surface area contributed by atoms with E-state index in [2.05, 4.69) is 206 Å². The maximum absolute atomic E-state index is 4.65. The van der Waals surface area contributed by atoms with Crippen LogP contribution in [0.4, 0.5) is 0 Å². The quantitative estimate of drug-likeness (QED) is 0.168. The number of aryl methyl sites for hydroxylation is 1. The third-order valence-electron chi connectivity index (χ3n) is 9.88. The smallest absolute Gasteiger partial charge is 0.0742 e. The van der Waals surface area contributed by atoms with Gasteiger partial charge in [-0.05, 0) is 76.3 Å². The Morgan fingerprint density at radius 1 is 0.429 bits per heavy atom. The van der Waals surface area contributed by atoms with Gasteiger partial charge in [0.25, 0.3) is 0 Å². The molecule has 0 unspecified atom stereocenters. The Morgan fingerprint density at radius 2 is 0.964 bits per heavy atom. The minimum Gasteiger partial charge on any atom is -0.361 e. The first-order valence-electron chi connectivity index (χ1n) is 19.9. The van der Waals surface area contributed by atoms with Crippen LogP contribution in [0.1, 0.15) is 111 Å². The van der Waals surface area contributed by atoms with Crippen LogP contribution < -0.4 is 0 Å². The van der Waals surface area contributed by atoms with Gasteiger partial charge in [0, 0.05) is 56.3 Å².